The largest absolute Gasteiger partial charge is 0.388 e. The SMILES string of the molecule is O=C(NCC1(O)CCCCC1)Nc1ccn(Cc2ccccc2)n1. The number of aromatic nitrogens is 2. The molecule has 2 aromatic rings. The number of hydrogen-bond acceptors (Lipinski definition) is 3. The molecule has 1 saturated carbocycles. The topological polar surface area (TPSA) is 79.2 Å². The number of anilines is 1. The molecule has 1 aromatic carbocycles. The Labute approximate surface area is 141 Å². The second-order valence-electron chi connectivity index (χ2n) is 6.48. The highest BCUT2D eigenvalue weighted by Gasteiger charge is 2.29. The maximum Gasteiger partial charge on any atom is 0.320 e. The van der Waals surface area contributed by atoms with E-state index in [0.717, 1.165) is 37.7 Å². The molecule has 24 heavy (non-hydrogen) atoms. The summed E-state index contributed by atoms with van der Waals surface area (Å²) in [4.78, 5) is 12.0. The molecule has 3 N–H and O–H groups in total. The molecule has 2 amide bonds. The Morgan fingerprint density at radius 1 is 1.17 bits per heavy atom. The first-order valence-electron chi connectivity index (χ1n) is 8.48. The lowest BCUT2D eigenvalue weighted by atomic mass is 9.85. The number of carbonyl (C=O) groups is 1. The lowest BCUT2D eigenvalue weighted by Crippen LogP contribution is -2.45. The fourth-order valence-electron chi connectivity index (χ4n) is 3.08. The second-order valence-corrected chi connectivity index (χ2v) is 6.48. The monoisotopic (exact) mass is 328 g/mol. The van der Waals surface area contributed by atoms with Crippen LogP contribution < -0.4 is 10.6 Å². The van der Waals surface area contributed by atoms with Crippen molar-refractivity contribution in [2.24, 2.45) is 0 Å². The summed E-state index contributed by atoms with van der Waals surface area (Å²) in [6.07, 6.45) is 6.52. The predicted octanol–water partition coefficient (Wildman–Crippen LogP) is 2.75. The van der Waals surface area contributed by atoms with E-state index in [1.807, 2.05) is 36.5 Å². The van der Waals surface area contributed by atoms with Crippen molar-refractivity contribution in [2.45, 2.75) is 44.2 Å². The van der Waals surface area contributed by atoms with Crippen molar-refractivity contribution in [1.82, 2.24) is 15.1 Å². The van der Waals surface area contributed by atoms with Crippen LogP contribution in [0.3, 0.4) is 0 Å². The third-order valence-corrected chi connectivity index (χ3v) is 4.43. The minimum absolute atomic E-state index is 0.281. The molecule has 6 nitrogen and oxygen atoms in total. The summed E-state index contributed by atoms with van der Waals surface area (Å²) in [6, 6.07) is 11.4. The summed E-state index contributed by atoms with van der Waals surface area (Å²) < 4.78 is 1.78. The van der Waals surface area contributed by atoms with Crippen molar-refractivity contribution < 1.29 is 9.90 Å². The zero-order chi connectivity index (χ0) is 16.8. The van der Waals surface area contributed by atoms with Crippen LogP contribution in [-0.2, 0) is 6.54 Å². The van der Waals surface area contributed by atoms with Gasteiger partial charge in [0.05, 0.1) is 12.1 Å². The highest BCUT2D eigenvalue weighted by molar-refractivity contribution is 5.88. The van der Waals surface area contributed by atoms with Gasteiger partial charge in [0.2, 0.25) is 0 Å². The standard InChI is InChI=1S/C18H24N4O2/c23-17(19-14-18(24)10-5-2-6-11-18)20-16-9-12-22(21-16)13-15-7-3-1-4-8-15/h1,3-4,7-9,12,24H,2,5-6,10-11,13-14H2,(H2,19,20,21,23). The van der Waals surface area contributed by atoms with Crippen LogP contribution in [0.2, 0.25) is 0 Å². The number of rotatable bonds is 5. The van der Waals surface area contributed by atoms with E-state index in [2.05, 4.69) is 15.7 Å². The van der Waals surface area contributed by atoms with Gasteiger partial charge in [0.1, 0.15) is 0 Å². The summed E-state index contributed by atoms with van der Waals surface area (Å²) in [5.41, 5.74) is 0.388. The Hall–Kier alpha value is -2.34. The average Bonchev–Trinajstić information content (AvgIpc) is 3.02. The maximum absolute atomic E-state index is 12.0. The van der Waals surface area contributed by atoms with Crippen LogP contribution in [0.1, 0.15) is 37.7 Å². The minimum Gasteiger partial charge on any atom is -0.388 e. The summed E-state index contributed by atoms with van der Waals surface area (Å²) in [7, 11) is 0. The molecule has 1 aromatic heterocycles. The lowest BCUT2D eigenvalue weighted by Gasteiger charge is -2.32. The number of amides is 2. The van der Waals surface area contributed by atoms with Gasteiger partial charge in [0, 0.05) is 18.8 Å². The second kappa shape index (κ2) is 7.49. The molecule has 128 valence electrons. The average molecular weight is 328 g/mol. The zero-order valence-electron chi connectivity index (χ0n) is 13.7. The van der Waals surface area contributed by atoms with Crippen molar-refractivity contribution in [3.8, 4) is 0 Å². The van der Waals surface area contributed by atoms with Gasteiger partial charge in [0.15, 0.2) is 5.82 Å². The van der Waals surface area contributed by atoms with E-state index in [9.17, 15) is 9.90 Å². The van der Waals surface area contributed by atoms with Crippen molar-refractivity contribution in [3.63, 3.8) is 0 Å². The van der Waals surface area contributed by atoms with Crippen molar-refractivity contribution in [3.05, 3.63) is 48.2 Å². The van der Waals surface area contributed by atoms with Crippen LogP contribution in [0.4, 0.5) is 10.6 Å². The van der Waals surface area contributed by atoms with Crippen LogP contribution in [0.15, 0.2) is 42.6 Å². The third kappa shape index (κ3) is 4.58. The smallest absolute Gasteiger partial charge is 0.320 e. The Morgan fingerprint density at radius 3 is 2.67 bits per heavy atom. The van der Waals surface area contributed by atoms with Gasteiger partial charge in [-0.1, -0.05) is 49.6 Å². The molecule has 0 atom stereocenters. The molecule has 1 aliphatic carbocycles. The summed E-state index contributed by atoms with van der Waals surface area (Å²) >= 11 is 0. The predicted molar refractivity (Wildman–Crippen MR) is 92.8 cm³/mol. The number of aliphatic hydroxyl groups is 1. The zero-order valence-corrected chi connectivity index (χ0v) is 13.7. The van der Waals surface area contributed by atoms with Crippen LogP contribution in [0.25, 0.3) is 0 Å². The first-order valence-corrected chi connectivity index (χ1v) is 8.48. The van der Waals surface area contributed by atoms with Gasteiger partial charge in [-0.3, -0.25) is 10.00 Å². The number of benzene rings is 1. The summed E-state index contributed by atoms with van der Waals surface area (Å²) in [5, 5.41) is 20.2. The Morgan fingerprint density at radius 2 is 1.92 bits per heavy atom. The molecule has 0 aliphatic heterocycles. The van der Waals surface area contributed by atoms with Crippen molar-refractivity contribution in [2.75, 3.05) is 11.9 Å². The third-order valence-electron chi connectivity index (χ3n) is 4.43. The van der Waals surface area contributed by atoms with Crippen LogP contribution in [0, 0.1) is 0 Å². The van der Waals surface area contributed by atoms with E-state index >= 15 is 0 Å². The molecule has 0 spiro atoms. The minimum atomic E-state index is -0.762. The molecule has 6 heteroatoms. The number of nitrogens with one attached hydrogen (secondary N) is 2. The van der Waals surface area contributed by atoms with Crippen LogP contribution in [0.5, 0.6) is 0 Å². The number of urea groups is 1. The number of nitrogens with zero attached hydrogens (tertiary/aromatic N) is 2. The van der Waals surface area contributed by atoms with Gasteiger partial charge in [-0.25, -0.2) is 4.79 Å². The van der Waals surface area contributed by atoms with E-state index in [1.54, 1.807) is 10.7 Å². The molecule has 0 saturated heterocycles. The Balaban J connectivity index is 1.48. The molecule has 1 heterocycles. The molecule has 0 unspecified atom stereocenters. The van der Waals surface area contributed by atoms with E-state index in [1.165, 1.54) is 0 Å². The highest BCUT2D eigenvalue weighted by atomic mass is 16.3. The van der Waals surface area contributed by atoms with E-state index < -0.39 is 5.60 Å². The van der Waals surface area contributed by atoms with Gasteiger partial charge in [-0.2, -0.15) is 5.10 Å². The van der Waals surface area contributed by atoms with Crippen LogP contribution in [-0.4, -0.2) is 33.1 Å². The first-order chi connectivity index (χ1) is 11.6. The number of hydrogen-bond donors (Lipinski definition) is 3. The highest BCUT2D eigenvalue weighted by Crippen LogP contribution is 2.27. The Kier molecular flexibility index (Phi) is 5.15. The summed E-state index contributed by atoms with van der Waals surface area (Å²) in [6.45, 7) is 0.938. The van der Waals surface area contributed by atoms with Crippen LogP contribution >= 0.6 is 0 Å². The van der Waals surface area contributed by atoms with E-state index in [4.69, 9.17) is 0 Å². The fraction of sp³-hybridized carbons (Fsp3) is 0.444. The normalized spacial score (nSPS) is 16.5. The van der Waals surface area contributed by atoms with Gasteiger partial charge >= 0.3 is 6.03 Å². The van der Waals surface area contributed by atoms with Gasteiger partial charge in [-0.05, 0) is 18.4 Å². The fourth-order valence-corrected chi connectivity index (χ4v) is 3.08. The summed E-state index contributed by atoms with van der Waals surface area (Å²) in [5.74, 6) is 0.499. The first kappa shape index (κ1) is 16.5. The lowest BCUT2D eigenvalue weighted by molar-refractivity contribution is 0.00755. The van der Waals surface area contributed by atoms with Crippen molar-refractivity contribution >= 4 is 11.8 Å². The molecule has 1 fully saturated rings. The maximum atomic E-state index is 12.0. The van der Waals surface area contributed by atoms with Gasteiger partial charge < -0.3 is 10.4 Å². The van der Waals surface area contributed by atoms with Gasteiger partial charge in [-0.15, -0.1) is 0 Å². The number of carbonyl (C=O) groups excluding carboxylic acids is 1. The van der Waals surface area contributed by atoms with E-state index in [-0.39, 0.29) is 12.6 Å². The van der Waals surface area contributed by atoms with Gasteiger partial charge in [0.25, 0.3) is 0 Å². The Bertz CT molecular complexity index is 663. The molecule has 0 bridgehead atoms. The molecule has 1 aliphatic rings. The quantitative estimate of drug-likeness (QED) is 0.789. The molecule has 3 rings (SSSR count). The van der Waals surface area contributed by atoms with E-state index in [0.29, 0.717) is 12.4 Å². The molecular formula is C18H24N4O2. The molecular weight excluding hydrogens is 304 g/mol. The molecule has 0 radical (unpaired) electrons. The van der Waals surface area contributed by atoms with Crippen molar-refractivity contribution in [1.29, 1.82) is 0 Å².